The summed E-state index contributed by atoms with van der Waals surface area (Å²) in [5.74, 6) is 0.817. The molecule has 0 saturated carbocycles. The first-order valence-electron chi connectivity index (χ1n) is 7.67. The fourth-order valence-corrected chi connectivity index (χ4v) is 3.69. The predicted molar refractivity (Wildman–Crippen MR) is 101 cm³/mol. The Morgan fingerprint density at radius 1 is 0.957 bits per heavy atom. The van der Waals surface area contributed by atoms with Crippen LogP contribution in [0.1, 0.15) is 24.0 Å². The molecular formula is C18H21Br2NO2. The first-order chi connectivity index (χ1) is 11.2. The van der Waals surface area contributed by atoms with E-state index in [1.165, 1.54) is 5.56 Å². The van der Waals surface area contributed by atoms with Gasteiger partial charge >= 0.3 is 0 Å². The molecule has 0 radical (unpaired) electrons. The van der Waals surface area contributed by atoms with Crippen LogP contribution < -0.4 is 10.1 Å². The lowest BCUT2D eigenvalue weighted by Crippen LogP contribution is -2.15. The van der Waals surface area contributed by atoms with Crippen LogP contribution in [-0.4, -0.2) is 18.3 Å². The molecule has 2 aromatic rings. The molecular weight excluding hydrogens is 422 g/mol. The molecule has 0 atom stereocenters. The van der Waals surface area contributed by atoms with Crippen molar-refractivity contribution in [3.8, 4) is 5.75 Å². The Morgan fingerprint density at radius 2 is 1.65 bits per heavy atom. The van der Waals surface area contributed by atoms with Crippen LogP contribution in [0.3, 0.4) is 0 Å². The number of halogens is 2. The van der Waals surface area contributed by atoms with E-state index in [0.29, 0.717) is 6.61 Å². The van der Waals surface area contributed by atoms with Gasteiger partial charge in [0.05, 0.1) is 8.95 Å². The molecule has 0 aliphatic rings. The number of unbranched alkanes of at least 4 members (excludes halogenated alkanes) is 1. The zero-order chi connectivity index (χ0) is 16.5. The van der Waals surface area contributed by atoms with Crippen molar-refractivity contribution in [1.82, 2.24) is 5.32 Å². The highest BCUT2D eigenvalue weighted by Crippen LogP contribution is 2.35. The maximum atomic E-state index is 8.76. The van der Waals surface area contributed by atoms with E-state index in [1.54, 1.807) is 0 Å². The number of ether oxygens (including phenoxy) is 1. The van der Waals surface area contributed by atoms with E-state index < -0.39 is 0 Å². The number of hydrogen-bond donors (Lipinski definition) is 2. The molecule has 0 amide bonds. The molecule has 0 heterocycles. The summed E-state index contributed by atoms with van der Waals surface area (Å²) in [4.78, 5) is 0. The number of aliphatic hydroxyl groups excluding tert-OH is 1. The second-order valence-electron chi connectivity index (χ2n) is 5.27. The average Bonchev–Trinajstić information content (AvgIpc) is 2.55. The van der Waals surface area contributed by atoms with Crippen LogP contribution in [0.15, 0.2) is 51.4 Å². The minimum Gasteiger partial charge on any atom is -0.487 e. The smallest absolute Gasteiger partial charge is 0.148 e. The van der Waals surface area contributed by atoms with Crippen molar-refractivity contribution in [1.29, 1.82) is 0 Å². The van der Waals surface area contributed by atoms with Gasteiger partial charge in [0, 0.05) is 13.2 Å². The first kappa shape index (κ1) is 18.5. The summed E-state index contributed by atoms with van der Waals surface area (Å²) in [6.07, 6.45) is 1.82. The predicted octanol–water partition coefficient (Wildman–Crippen LogP) is 4.65. The lowest BCUT2D eigenvalue weighted by molar-refractivity contribution is 0.283. The van der Waals surface area contributed by atoms with Crippen LogP contribution in [-0.2, 0) is 13.2 Å². The van der Waals surface area contributed by atoms with Crippen LogP contribution in [0.25, 0.3) is 0 Å². The third-order valence-corrected chi connectivity index (χ3v) is 4.55. The summed E-state index contributed by atoms with van der Waals surface area (Å²) in [5.41, 5.74) is 2.32. The molecule has 0 aromatic heterocycles. The van der Waals surface area contributed by atoms with Gasteiger partial charge in [0.15, 0.2) is 0 Å². The first-order valence-corrected chi connectivity index (χ1v) is 9.25. The van der Waals surface area contributed by atoms with Crippen molar-refractivity contribution in [2.45, 2.75) is 26.0 Å². The van der Waals surface area contributed by atoms with Gasteiger partial charge in [-0.2, -0.15) is 0 Å². The monoisotopic (exact) mass is 441 g/mol. The Labute approximate surface area is 154 Å². The van der Waals surface area contributed by atoms with E-state index in [1.807, 2.05) is 30.3 Å². The van der Waals surface area contributed by atoms with Gasteiger partial charge < -0.3 is 15.2 Å². The van der Waals surface area contributed by atoms with Crippen molar-refractivity contribution in [3.05, 3.63) is 62.5 Å². The van der Waals surface area contributed by atoms with Crippen molar-refractivity contribution in [3.63, 3.8) is 0 Å². The standard InChI is InChI=1S/C18H21Br2NO2/c19-16-10-15(12-21-8-4-5-9-22)11-17(20)18(16)23-13-14-6-2-1-3-7-14/h1-3,6-7,10-11,21-22H,4-5,8-9,12-13H2. The molecule has 0 unspecified atom stereocenters. The fraction of sp³-hybridized carbons (Fsp3) is 0.333. The topological polar surface area (TPSA) is 41.5 Å². The summed E-state index contributed by atoms with van der Waals surface area (Å²) < 4.78 is 7.80. The van der Waals surface area contributed by atoms with Gasteiger partial charge in [-0.15, -0.1) is 0 Å². The Bertz CT molecular complexity index is 582. The number of rotatable bonds is 9. The maximum Gasteiger partial charge on any atom is 0.148 e. The highest BCUT2D eigenvalue weighted by atomic mass is 79.9. The second-order valence-corrected chi connectivity index (χ2v) is 6.98. The van der Waals surface area contributed by atoms with Gasteiger partial charge in [-0.05, 0) is 74.5 Å². The van der Waals surface area contributed by atoms with E-state index in [4.69, 9.17) is 9.84 Å². The molecule has 124 valence electrons. The molecule has 2 N–H and O–H groups in total. The van der Waals surface area contributed by atoms with Crippen molar-refractivity contribution >= 4 is 31.9 Å². The largest absolute Gasteiger partial charge is 0.487 e. The number of aliphatic hydroxyl groups is 1. The van der Waals surface area contributed by atoms with Crippen LogP contribution >= 0.6 is 31.9 Å². The summed E-state index contributed by atoms with van der Waals surface area (Å²) in [5, 5.41) is 12.1. The van der Waals surface area contributed by atoms with Crippen LogP contribution in [0.2, 0.25) is 0 Å². The lowest BCUT2D eigenvalue weighted by atomic mass is 10.2. The Balaban J connectivity index is 1.91. The van der Waals surface area contributed by atoms with E-state index in [-0.39, 0.29) is 6.61 Å². The normalized spacial score (nSPS) is 10.7. The van der Waals surface area contributed by atoms with Crippen LogP contribution in [0.5, 0.6) is 5.75 Å². The van der Waals surface area contributed by atoms with Crippen LogP contribution in [0.4, 0.5) is 0 Å². The summed E-state index contributed by atoms with van der Waals surface area (Å²) in [7, 11) is 0. The minimum atomic E-state index is 0.256. The number of hydrogen-bond acceptors (Lipinski definition) is 3. The molecule has 0 aliphatic heterocycles. The third-order valence-electron chi connectivity index (χ3n) is 3.37. The molecule has 0 bridgehead atoms. The van der Waals surface area contributed by atoms with Crippen molar-refractivity contribution < 1.29 is 9.84 Å². The van der Waals surface area contributed by atoms with Gasteiger partial charge in [0.25, 0.3) is 0 Å². The quantitative estimate of drug-likeness (QED) is 0.555. The summed E-state index contributed by atoms with van der Waals surface area (Å²) in [6.45, 7) is 2.49. The van der Waals surface area contributed by atoms with Gasteiger partial charge in [0.1, 0.15) is 12.4 Å². The fourth-order valence-electron chi connectivity index (χ4n) is 2.18. The molecule has 23 heavy (non-hydrogen) atoms. The Kier molecular flexibility index (Phi) is 8.09. The van der Waals surface area contributed by atoms with E-state index in [0.717, 1.165) is 46.2 Å². The second kappa shape index (κ2) is 10.1. The molecule has 5 heteroatoms. The summed E-state index contributed by atoms with van der Waals surface area (Å²) in [6, 6.07) is 14.3. The average molecular weight is 443 g/mol. The van der Waals surface area contributed by atoms with Crippen molar-refractivity contribution in [2.24, 2.45) is 0 Å². The van der Waals surface area contributed by atoms with E-state index in [2.05, 4.69) is 49.3 Å². The Morgan fingerprint density at radius 3 is 2.30 bits per heavy atom. The van der Waals surface area contributed by atoms with Gasteiger partial charge in [-0.3, -0.25) is 0 Å². The van der Waals surface area contributed by atoms with Crippen molar-refractivity contribution in [2.75, 3.05) is 13.2 Å². The zero-order valence-corrected chi connectivity index (χ0v) is 16.1. The van der Waals surface area contributed by atoms with E-state index in [9.17, 15) is 0 Å². The van der Waals surface area contributed by atoms with Gasteiger partial charge in [0.2, 0.25) is 0 Å². The zero-order valence-electron chi connectivity index (χ0n) is 12.9. The minimum absolute atomic E-state index is 0.256. The summed E-state index contributed by atoms with van der Waals surface area (Å²) >= 11 is 7.18. The lowest BCUT2D eigenvalue weighted by Gasteiger charge is -2.13. The maximum absolute atomic E-state index is 8.76. The highest BCUT2D eigenvalue weighted by molar-refractivity contribution is 9.11. The molecule has 0 saturated heterocycles. The molecule has 2 aromatic carbocycles. The molecule has 0 spiro atoms. The molecule has 2 rings (SSSR count). The third kappa shape index (κ3) is 6.26. The van der Waals surface area contributed by atoms with E-state index >= 15 is 0 Å². The molecule has 3 nitrogen and oxygen atoms in total. The molecule has 0 aliphatic carbocycles. The molecule has 0 fully saturated rings. The highest BCUT2D eigenvalue weighted by Gasteiger charge is 2.09. The number of nitrogens with one attached hydrogen (secondary N) is 1. The van der Waals surface area contributed by atoms with Crippen LogP contribution in [0, 0.1) is 0 Å². The number of benzene rings is 2. The van der Waals surface area contributed by atoms with Gasteiger partial charge in [-0.25, -0.2) is 0 Å². The SMILES string of the molecule is OCCCCNCc1cc(Br)c(OCc2ccccc2)c(Br)c1. The van der Waals surface area contributed by atoms with Gasteiger partial charge in [-0.1, -0.05) is 30.3 Å². The Hall–Kier alpha value is -0.880.